The van der Waals surface area contributed by atoms with Gasteiger partial charge in [0.05, 0.1) is 23.3 Å². The summed E-state index contributed by atoms with van der Waals surface area (Å²) in [6, 6.07) is 15.6. The zero-order valence-corrected chi connectivity index (χ0v) is 22.4. The molecule has 5 rings (SSSR count). The van der Waals surface area contributed by atoms with E-state index in [4.69, 9.17) is 9.72 Å². The van der Waals surface area contributed by atoms with Crippen LogP contribution in [-0.4, -0.2) is 67.5 Å². The van der Waals surface area contributed by atoms with Gasteiger partial charge in [-0.25, -0.2) is 9.78 Å². The van der Waals surface area contributed by atoms with Gasteiger partial charge in [-0.2, -0.15) is 0 Å². The number of benzene rings is 2. The van der Waals surface area contributed by atoms with Crippen LogP contribution in [0.2, 0.25) is 0 Å². The number of aliphatic hydroxyl groups is 1. The Morgan fingerprint density at radius 2 is 1.92 bits per heavy atom. The molecule has 0 unspecified atom stereocenters. The number of hydrogen-bond acceptors (Lipinski definition) is 5. The molecular formula is C29H35N5O4. The second-order valence-electron chi connectivity index (χ2n) is 10.9. The van der Waals surface area contributed by atoms with Crippen molar-refractivity contribution in [3.8, 4) is 11.5 Å². The molecule has 1 atom stereocenters. The summed E-state index contributed by atoms with van der Waals surface area (Å²) in [6.07, 6.45) is 1.14. The van der Waals surface area contributed by atoms with Crippen molar-refractivity contribution in [2.45, 2.75) is 51.8 Å². The lowest BCUT2D eigenvalue weighted by Crippen LogP contribution is -2.50. The van der Waals surface area contributed by atoms with Gasteiger partial charge in [0.2, 0.25) is 0 Å². The molecule has 9 heteroatoms. The number of aryl methyl sites for hydroxylation is 1. The summed E-state index contributed by atoms with van der Waals surface area (Å²) in [5.41, 5.74) is 3.60. The molecule has 0 radical (unpaired) electrons. The molecule has 0 aliphatic carbocycles. The van der Waals surface area contributed by atoms with Crippen LogP contribution in [0.3, 0.4) is 0 Å². The number of fused-ring (bicyclic) bond motifs is 2. The van der Waals surface area contributed by atoms with Gasteiger partial charge in [-0.15, -0.1) is 0 Å². The maximum Gasteiger partial charge on any atom is 0.407 e. The molecule has 3 heterocycles. The average Bonchev–Trinajstić information content (AvgIpc) is 3.40. The van der Waals surface area contributed by atoms with Gasteiger partial charge in [-0.05, 0) is 63.9 Å². The number of nitrogens with zero attached hydrogens (tertiary/aromatic N) is 4. The van der Waals surface area contributed by atoms with E-state index in [0.29, 0.717) is 25.2 Å². The Labute approximate surface area is 222 Å². The summed E-state index contributed by atoms with van der Waals surface area (Å²) in [5, 5.41) is 13.7. The first kappa shape index (κ1) is 25.8. The van der Waals surface area contributed by atoms with Crippen LogP contribution in [0.1, 0.15) is 44.0 Å². The van der Waals surface area contributed by atoms with E-state index < -0.39 is 11.7 Å². The second-order valence-corrected chi connectivity index (χ2v) is 10.9. The largest absolute Gasteiger partial charge is 0.444 e. The predicted molar refractivity (Wildman–Crippen MR) is 147 cm³/mol. The molecule has 0 bridgehead atoms. The van der Waals surface area contributed by atoms with Crippen molar-refractivity contribution in [3.05, 3.63) is 54.1 Å². The van der Waals surface area contributed by atoms with Gasteiger partial charge in [-0.1, -0.05) is 18.2 Å². The summed E-state index contributed by atoms with van der Waals surface area (Å²) in [7, 11) is 1.96. The summed E-state index contributed by atoms with van der Waals surface area (Å²) < 4.78 is 9.48. The first-order chi connectivity index (χ1) is 18.1. The molecule has 2 amide bonds. The minimum Gasteiger partial charge on any atom is -0.444 e. The minimum absolute atomic E-state index is 0.0217. The summed E-state index contributed by atoms with van der Waals surface area (Å²) in [6.45, 7) is 7.04. The zero-order valence-electron chi connectivity index (χ0n) is 22.4. The van der Waals surface area contributed by atoms with Crippen LogP contribution in [0.5, 0.6) is 0 Å². The Kier molecular flexibility index (Phi) is 6.88. The van der Waals surface area contributed by atoms with Gasteiger partial charge >= 0.3 is 6.09 Å². The molecule has 9 nitrogen and oxygen atoms in total. The maximum atomic E-state index is 13.4. The van der Waals surface area contributed by atoms with Crippen LogP contribution < -0.4 is 5.32 Å². The highest BCUT2D eigenvalue weighted by Gasteiger charge is 2.28. The third-order valence-corrected chi connectivity index (χ3v) is 6.92. The van der Waals surface area contributed by atoms with Gasteiger partial charge < -0.3 is 29.2 Å². The van der Waals surface area contributed by atoms with Gasteiger partial charge in [0, 0.05) is 49.2 Å². The molecule has 4 aromatic rings. The number of carbonyl (C=O) groups excluding carboxylic acids is 2. The average molecular weight is 518 g/mol. The number of aromatic nitrogens is 3. The van der Waals surface area contributed by atoms with E-state index in [1.807, 2.05) is 68.8 Å². The highest BCUT2D eigenvalue weighted by atomic mass is 16.6. The fourth-order valence-corrected chi connectivity index (χ4v) is 5.23. The van der Waals surface area contributed by atoms with Crippen molar-refractivity contribution in [1.82, 2.24) is 24.3 Å². The molecule has 38 heavy (non-hydrogen) atoms. The monoisotopic (exact) mass is 517 g/mol. The summed E-state index contributed by atoms with van der Waals surface area (Å²) in [4.78, 5) is 32.4. The number of piperidine rings is 1. The number of carbonyl (C=O) groups is 2. The lowest BCUT2D eigenvalue weighted by molar-refractivity contribution is 0.0452. The maximum absolute atomic E-state index is 13.4. The molecule has 2 aromatic heterocycles. The molecule has 2 N–H and O–H groups in total. The van der Waals surface area contributed by atoms with Crippen LogP contribution in [0.25, 0.3) is 33.5 Å². The van der Waals surface area contributed by atoms with Crippen LogP contribution in [0, 0.1) is 0 Å². The summed E-state index contributed by atoms with van der Waals surface area (Å²) in [5.74, 6) is 0.693. The van der Waals surface area contributed by atoms with E-state index >= 15 is 0 Å². The number of nitrogens with one attached hydrogen (secondary N) is 1. The minimum atomic E-state index is -0.572. The number of likely N-dealkylation sites (tertiary alicyclic amines) is 1. The van der Waals surface area contributed by atoms with Crippen molar-refractivity contribution in [2.24, 2.45) is 7.05 Å². The zero-order chi connectivity index (χ0) is 27.0. The second kappa shape index (κ2) is 10.1. The highest BCUT2D eigenvalue weighted by Crippen LogP contribution is 2.30. The molecule has 2 aromatic carbocycles. The molecular weight excluding hydrogens is 482 g/mol. The standard InChI is InChI=1S/C29H35N5O4/c1-29(2,3)38-28(37)30-21-9-7-13-33(18-21)27(36)20-11-12-24-22(16-20)31-26(32(24)4)25-17-19-8-5-6-10-23(19)34(25)14-15-35/h5-6,8,10-12,16-17,21,35H,7,9,13-15,18H2,1-4H3,(H,30,37)/t21-/m1/s1. The third-order valence-electron chi connectivity index (χ3n) is 6.92. The number of hydrogen-bond donors (Lipinski definition) is 2. The number of amides is 2. The number of rotatable bonds is 5. The molecule has 1 aliphatic heterocycles. The molecule has 0 spiro atoms. The topological polar surface area (TPSA) is 102 Å². The molecule has 1 saturated heterocycles. The third kappa shape index (κ3) is 5.11. The van der Waals surface area contributed by atoms with Crippen LogP contribution in [-0.2, 0) is 18.3 Å². The van der Waals surface area contributed by atoms with E-state index in [1.54, 1.807) is 4.90 Å². The Bertz CT molecular complexity index is 1500. The number of imidazole rings is 1. The fraction of sp³-hybridized carbons (Fsp3) is 0.414. The van der Waals surface area contributed by atoms with Crippen LogP contribution >= 0.6 is 0 Å². The highest BCUT2D eigenvalue weighted by molar-refractivity contribution is 5.98. The predicted octanol–water partition coefficient (Wildman–Crippen LogP) is 4.32. The Hall–Kier alpha value is -3.85. The van der Waals surface area contributed by atoms with Gasteiger partial charge in [0.25, 0.3) is 5.91 Å². The van der Waals surface area contributed by atoms with Gasteiger partial charge in [0.1, 0.15) is 5.60 Å². The Morgan fingerprint density at radius 3 is 2.68 bits per heavy atom. The first-order valence-electron chi connectivity index (χ1n) is 13.1. The van der Waals surface area contributed by atoms with Crippen molar-refractivity contribution >= 4 is 33.9 Å². The molecule has 0 saturated carbocycles. The van der Waals surface area contributed by atoms with E-state index in [-0.39, 0.29) is 18.6 Å². The van der Waals surface area contributed by atoms with Gasteiger partial charge in [-0.3, -0.25) is 4.79 Å². The smallest absolute Gasteiger partial charge is 0.407 e. The molecule has 200 valence electrons. The van der Waals surface area contributed by atoms with E-state index in [0.717, 1.165) is 46.3 Å². The van der Waals surface area contributed by atoms with Crippen LogP contribution in [0.15, 0.2) is 48.5 Å². The lowest BCUT2D eigenvalue weighted by Gasteiger charge is -2.33. The Morgan fingerprint density at radius 1 is 1.13 bits per heavy atom. The normalized spacial score (nSPS) is 16.2. The van der Waals surface area contributed by atoms with E-state index in [9.17, 15) is 14.7 Å². The fourth-order valence-electron chi connectivity index (χ4n) is 5.23. The number of alkyl carbamates (subject to hydrolysis) is 1. The quantitative estimate of drug-likeness (QED) is 0.411. The van der Waals surface area contributed by atoms with Crippen molar-refractivity contribution in [1.29, 1.82) is 0 Å². The number of aliphatic hydroxyl groups excluding tert-OH is 1. The number of ether oxygens (including phenoxy) is 1. The lowest BCUT2D eigenvalue weighted by atomic mass is 10.0. The number of para-hydroxylation sites is 1. The van der Waals surface area contributed by atoms with E-state index in [1.165, 1.54) is 0 Å². The van der Waals surface area contributed by atoms with Crippen molar-refractivity contribution in [3.63, 3.8) is 0 Å². The van der Waals surface area contributed by atoms with Crippen LogP contribution in [0.4, 0.5) is 4.79 Å². The SMILES string of the molecule is Cn1c(-c2cc3ccccc3n2CCO)nc2cc(C(=O)N3CCC[C@@H](NC(=O)OC(C)(C)C)C3)ccc21. The Balaban J connectivity index is 1.40. The molecule has 1 aliphatic rings. The summed E-state index contributed by atoms with van der Waals surface area (Å²) >= 11 is 0. The van der Waals surface area contributed by atoms with Gasteiger partial charge in [0.15, 0.2) is 5.82 Å². The van der Waals surface area contributed by atoms with Crippen molar-refractivity contribution in [2.75, 3.05) is 19.7 Å². The molecule has 1 fully saturated rings. The van der Waals surface area contributed by atoms with Crippen molar-refractivity contribution < 1.29 is 19.4 Å². The van der Waals surface area contributed by atoms with E-state index in [2.05, 4.69) is 22.0 Å². The first-order valence-corrected chi connectivity index (χ1v) is 13.1.